The molecule has 8 heteroatoms. The van der Waals surface area contributed by atoms with Crippen molar-refractivity contribution in [2.75, 3.05) is 11.8 Å². The molecule has 0 aliphatic heterocycles. The smallest absolute Gasteiger partial charge is 0.348 e. The van der Waals surface area contributed by atoms with Crippen LogP contribution in [0.15, 0.2) is 40.6 Å². The van der Waals surface area contributed by atoms with Gasteiger partial charge in [0.25, 0.3) is 10.0 Å². The molecular weight excluding hydrogens is 302 g/mol. The van der Waals surface area contributed by atoms with Gasteiger partial charge in [-0.15, -0.1) is 11.3 Å². The SMILES string of the molecule is COc1ccc(S(=O)(=O)Nc2ccsc2C(=O)O)cc1. The number of ether oxygens (including phenoxy) is 1. The first-order chi connectivity index (χ1) is 9.44. The average Bonchev–Trinajstić information content (AvgIpc) is 2.86. The average molecular weight is 313 g/mol. The molecule has 6 nitrogen and oxygen atoms in total. The topological polar surface area (TPSA) is 92.7 Å². The van der Waals surface area contributed by atoms with Gasteiger partial charge in [-0.2, -0.15) is 0 Å². The predicted octanol–water partition coefficient (Wildman–Crippen LogP) is 2.26. The maximum absolute atomic E-state index is 12.1. The van der Waals surface area contributed by atoms with Gasteiger partial charge in [0.15, 0.2) is 0 Å². The summed E-state index contributed by atoms with van der Waals surface area (Å²) in [7, 11) is -2.35. The standard InChI is InChI=1S/C12H11NO5S2/c1-18-8-2-4-9(5-3-8)20(16,17)13-10-6-7-19-11(10)12(14)15/h2-7,13H,1H3,(H,14,15). The number of nitrogens with one attached hydrogen (secondary N) is 1. The first-order valence-corrected chi connectivity index (χ1v) is 7.78. The minimum atomic E-state index is -3.83. The number of thiophene rings is 1. The van der Waals surface area contributed by atoms with Crippen molar-refractivity contribution in [2.45, 2.75) is 4.90 Å². The van der Waals surface area contributed by atoms with Crippen LogP contribution < -0.4 is 9.46 Å². The maximum atomic E-state index is 12.1. The van der Waals surface area contributed by atoms with Gasteiger partial charge in [-0.3, -0.25) is 4.72 Å². The molecule has 2 rings (SSSR count). The van der Waals surface area contributed by atoms with E-state index in [2.05, 4.69) is 4.72 Å². The Labute approximate surface area is 119 Å². The van der Waals surface area contributed by atoms with Crippen LogP contribution in [0.1, 0.15) is 9.67 Å². The molecule has 2 aromatic rings. The first-order valence-electron chi connectivity index (χ1n) is 5.41. The van der Waals surface area contributed by atoms with E-state index in [-0.39, 0.29) is 15.5 Å². The number of methoxy groups -OCH3 is 1. The van der Waals surface area contributed by atoms with Crippen molar-refractivity contribution in [1.82, 2.24) is 0 Å². The third kappa shape index (κ3) is 2.91. The number of rotatable bonds is 5. The zero-order valence-corrected chi connectivity index (χ0v) is 12.0. The Hall–Kier alpha value is -2.06. The number of aromatic carboxylic acids is 1. The summed E-state index contributed by atoms with van der Waals surface area (Å²) in [6.07, 6.45) is 0. The quantitative estimate of drug-likeness (QED) is 0.883. The fraction of sp³-hybridized carbons (Fsp3) is 0.0833. The third-order valence-corrected chi connectivity index (χ3v) is 4.76. The molecule has 0 saturated heterocycles. The van der Waals surface area contributed by atoms with E-state index in [0.717, 1.165) is 11.3 Å². The number of hydrogen-bond acceptors (Lipinski definition) is 5. The number of sulfonamides is 1. The predicted molar refractivity (Wildman–Crippen MR) is 75.1 cm³/mol. The van der Waals surface area contributed by atoms with Gasteiger partial charge in [0, 0.05) is 0 Å². The van der Waals surface area contributed by atoms with E-state index < -0.39 is 16.0 Å². The highest BCUT2D eigenvalue weighted by molar-refractivity contribution is 7.92. The molecule has 0 aliphatic carbocycles. The second-order valence-corrected chi connectivity index (χ2v) is 6.35. The van der Waals surface area contributed by atoms with Crippen LogP contribution in [0, 0.1) is 0 Å². The second kappa shape index (κ2) is 5.51. The lowest BCUT2D eigenvalue weighted by Crippen LogP contribution is -2.14. The van der Waals surface area contributed by atoms with E-state index >= 15 is 0 Å². The second-order valence-electron chi connectivity index (χ2n) is 3.75. The molecule has 1 aromatic carbocycles. The summed E-state index contributed by atoms with van der Waals surface area (Å²) in [6.45, 7) is 0. The van der Waals surface area contributed by atoms with E-state index in [1.807, 2.05) is 0 Å². The highest BCUT2D eigenvalue weighted by Crippen LogP contribution is 2.25. The zero-order chi connectivity index (χ0) is 14.8. The van der Waals surface area contributed by atoms with Crippen LogP contribution in [0.2, 0.25) is 0 Å². The number of carboxylic acid groups (broad SMARTS) is 1. The molecule has 20 heavy (non-hydrogen) atoms. The van der Waals surface area contributed by atoms with Gasteiger partial charge in [-0.1, -0.05) is 0 Å². The molecule has 1 heterocycles. The van der Waals surface area contributed by atoms with Crippen LogP contribution in [-0.2, 0) is 10.0 Å². The van der Waals surface area contributed by atoms with E-state index in [0.29, 0.717) is 5.75 Å². The molecule has 0 spiro atoms. The number of carboxylic acids is 1. The summed E-state index contributed by atoms with van der Waals surface area (Å²) in [5.41, 5.74) is 0.0540. The van der Waals surface area contributed by atoms with Crippen LogP contribution in [0.25, 0.3) is 0 Å². The Balaban J connectivity index is 2.30. The Morgan fingerprint density at radius 2 is 1.90 bits per heavy atom. The van der Waals surface area contributed by atoms with Gasteiger partial charge in [-0.25, -0.2) is 13.2 Å². The summed E-state index contributed by atoms with van der Waals surface area (Å²) in [5.74, 6) is -0.641. The van der Waals surface area contributed by atoms with Crippen LogP contribution in [-0.4, -0.2) is 26.6 Å². The van der Waals surface area contributed by atoms with Crippen molar-refractivity contribution in [3.8, 4) is 5.75 Å². The minimum Gasteiger partial charge on any atom is -0.497 e. The number of carbonyl (C=O) groups is 1. The highest BCUT2D eigenvalue weighted by Gasteiger charge is 2.19. The molecule has 0 unspecified atom stereocenters. The normalized spacial score (nSPS) is 11.1. The van der Waals surface area contributed by atoms with Crippen molar-refractivity contribution in [2.24, 2.45) is 0 Å². The number of benzene rings is 1. The molecule has 0 saturated carbocycles. The molecule has 0 bridgehead atoms. The van der Waals surface area contributed by atoms with Crippen molar-refractivity contribution < 1.29 is 23.1 Å². The zero-order valence-electron chi connectivity index (χ0n) is 10.4. The van der Waals surface area contributed by atoms with E-state index in [9.17, 15) is 13.2 Å². The van der Waals surface area contributed by atoms with Gasteiger partial charge in [-0.05, 0) is 35.7 Å². The lowest BCUT2D eigenvalue weighted by Gasteiger charge is -2.08. The van der Waals surface area contributed by atoms with Gasteiger partial charge in [0.05, 0.1) is 17.7 Å². The summed E-state index contributed by atoms with van der Waals surface area (Å²) < 4.78 is 31.5. The van der Waals surface area contributed by atoms with Crippen molar-refractivity contribution in [1.29, 1.82) is 0 Å². The minimum absolute atomic E-state index is 0.0286. The number of hydrogen-bond donors (Lipinski definition) is 2. The summed E-state index contributed by atoms with van der Waals surface area (Å²) >= 11 is 0.953. The van der Waals surface area contributed by atoms with Gasteiger partial charge in [0.2, 0.25) is 0 Å². The monoisotopic (exact) mass is 313 g/mol. The van der Waals surface area contributed by atoms with Crippen LogP contribution in [0.5, 0.6) is 5.75 Å². The molecule has 0 fully saturated rings. The summed E-state index contributed by atoms with van der Waals surface area (Å²) in [5, 5.41) is 10.5. The van der Waals surface area contributed by atoms with Gasteiger partial charge >= 0.3 is 5.97 Å². The van der Waals surface area contributed by atoms with Crippen molar-refractivity contribution >= 4 is 33.0 Å². The van der Waals surface area contributed by atoms with Crippen molar-refractivity contribution in [3.05, 3.63) is 40.6 Å². The molecular formula is C12H11NO5S2. The molecule has 1 aromatic heterocycles. The molecule has 0 aliphatic rings. The maximum Gasteiger partial charge on any atom is 0.348 e. The fourth-order valence-electron chi connectivity index (χ4n) is 1.51. The Morgan fingerprint density at radius 3 is 2.45 bits per heavy atom. The van der Waals surface area contributed by atoms with Crippen LogP contribution in [0.4, 0.5) is 5.69 Å². The van der Waals surface area contributed by atoms with E-state index in [1.54, 1.807) is 0 Å². The van der Waals surface area contributed by atoms with Crippen LogP contribution >= 0.6 is 11.3 Å². The molecule has 0 amide bonds. The Bertz CT molecular complexity index is 719. The summed E-state index contributed by atoms with van der Waals surface area (Å²) in [6, 6.07) is 7.21. The van der Waals surface area contributed by atoms with Crippen LogP contribution in [0.3, 0.4) is 0 Å². The molecule has 0 atom stereocenters. The van der Waals surface area contributed by atoms with Crippen molar-refractivity contribution in [3.63, 3.8) is 0 Å². The Kier molecular flexibility index (Phi) is 3.96. The van der Waals surface area contributed by atoms with Gasteiger partial charge in [0.1, 0.15) is 10.6 Å². The largest absolute Gasteiger partial charge is 0.497 e. The first kappa shape index (κ1) is 14.4. The third-order valence-electron chi connectivity index (χ3n) is 2.47. The number of anilines is 1. The fourth-order valence-corrected chi connectivity index (χ4v) is 3.34. The Morgan fingerprint density at radius 1 is 1.25 bits per heavy atom. The lowest BCUT2D eigenvalue weighted by atomic mass is 10.3. The molecule has 2 N–H and O–H groups in total. The lowest BCUT2D eigenvalue weighted by molar-refractivity contribution is 0.0703. The molecule has 0 radical (unpaired) electrons. The van der Waals surface area contributed by atoms with E-state index in [4.69, 9.17) is 9.84 Å². The summed E-state index contributed by atoms with van der Waals surface area (Å²) in [4.78, 5) is 10.9. The highest BCUT2D eigenvalue weighted by atomic mass is 32.2. The van der Waals surface area contributed by atoms with E-state index in [1.165, 1.54) is 42.8 Å². The van der Waals surface area contributed by atoms with Gasteiger partial charge < -0.3 is 9.84 Å². The molecule has 106 valence electrons.